The molecule has 2 amide bonds. The summed E-state index contributed by atoms with van der Waals surface area (Å²) in [6, 6.07) is 8.14. The smallest absolute Gasteiger partial charge is 0.221 e. The van der Waals surface area contributed by atoms with Crippen molar-refractivity contribution in [2.24, 2.45) is 11.7 Å². The number of piperidine rings is 1. The molecule has 0 bridgehead atoms. The highest BCUT2D eigenvalue weighted by molar-refractivity contribution is 5.84. The number of aromatic amines is 1. The Labute approximate surface area is 154 Å². The summed E-state index contributed by atoms with van der Waals surface area (Å²) in [5.41, 5.74) is 7.70. The number of likely N-dealkylation sites (tertiary alicyclic amines) is 1. The van der Waals surface area contributed by atoms with Crippen molar-refractivity contribution in [2.45, 2.75) is 32.1 Å². The van der Waals surface area contributed by atoms with E-state index in [2.05, 4.69) is 21.3 Å². The molecule has 6 nitrogen and oxygen atoms in total. The first-order valence-electron chi connectivity index (χ1n) is 9.47. The summed E-state index contributed by atoms with van der Waals surface area (Å²) in [5, 5.41) is 4.19. The Morgan fingerprint density at radius 1 is 1.31 bits per heavy atom. The van der Waals surface area contributed by atoms with Gasteiger partial charge in [0.1, 0.15) is 0 Å². The summed E-state index contributed by atoms with van der Waals surface area (Å²) >= 11 is 0. The van der Waals surface area contributed by atoms with Gasteiger partial charge in [0, 0.05) is 36.6 Å². The summed E-state index contributed by atoms with van der Waals surface area (Å²) < 4.78 is 0. The molecule has 1 aliphatic rings. The second-order valence-corrected chi connectivity index (χ2v) is 7.11. The van der Waals surface area contributed by atoms with Crippen LogP contribution >= 0.6 is 0 Å². The first-order chi connectivity index (χ1) is 12.6. The molecule has 2 aromatic rings. The molecular weight excluding hydrogens is 328 g/mol. The monoisotopic (exact) mass is 356 g/mol. The van der Waals surface area contributed by atoms with Gasteiger partial charge in [-0.25, -0.2) is 0 Å². The first-order valence-corrected chi connectivity index (χ1v) is 9.47. The van der Waals surface area contributed by atoms with Gasteiger partial charge in [-0.1, -0.05) is 18.2 Å². The Bertz CT molecular complexity index is 755. The Balaban J connectivity index is 1.34. The molecule has 0 saturated carbocycles. The molecule has 0 radical (unpaired) electrons. The van der Waals surface area contributed by atoms with Crippen LogP contribution in [0.25, 0.3) is 10.9 Å². The highest BCUT2D eigenvalue weighted by Crippen LogP contribution is 2.19. The molecule has 1 aromatic heterocycles. The molecule has 1 aliphatic heterocycles. The Hall–Kier alpha value is -2.34. The number of H-pyrrole nitrogens is 1. The molecule has 1 saturated heterocycles. The molecule has 1 aromatic carbocycles. The van der Waals surface area contributed by atoms with E-state index in [1.807, 2.05) is 24.4 Å². The van der Waals surface area contributed by atoms with Crippen molar-refractivity contribution in [1.29, 1.82) is 0 Å². The zero-order valence-electron chi connectivity index (χ0n) is 15.2. The maximum atomic E-state index is 12.1. The number of carbonyl (C=O) groups is 2. The largest absolute Gasteiger partial charge is 0.369 e. The van der Waals surface area contributed by atoms with Crippen molar-refractivity contribution in [3.05, 3.63) is 36.0 Å². The first kappa shape index (κ1) is 18.5. The number of aromatic nitrogens is 1. The van der Waals surface area contributed by atoms with Gasteiger partial charge in [0.25, 0.3) is 0 Å². The average Bonchev–Trinajstić information content (AvgIpc) is 3.07. The summed E-state index contributed by atoms with van der Waals surface area (Å²) in [4.78, 5) is 28.9. The fourth-order valence-electron chi connectivity index (χ4n) is 3.70. The van der Waals surface area contributed by atoms with Crippen molar-refractivity contribution in [1.82, 2.24) is 15.2 Å². The third kappa shape index (κ3) is 4.85. The normalized spacial score (nSPS) is 18.1. The van der Waals surface area contributed by atoms with E-state index in [0.29, 0.717) is 13.0 Å². The number of benzene rings is 1. The van der Waals surface area contributed by atoms with E-state index in [1.165, 1.54) is 10.9 Å². The number of primary amides is 1. The second kappa shape index (κ2) is 8.85. The van der Waals surface area contributed by atoms with Gasteiger partial charge in [0.05, 0.1) is 5.92 Å². The van der Waals surface area contributed by atoms with Crippen molar-refractivity contribution in [3.63, 3.8) is 0 Å². The predicted octanol–water partition coefficient (Wildman–Crippen LogP) is 1.80. The molecule has 4 N–H and O–H groups in total. The molecule has 2 heterocycles. The number of amides is 2. The topological polar surface area (TPSA) is 91.2 Å². The Morgan fingerprint density at radius 2 is 2.15 bits per heavy atom. The van der Waals surface area contributed by atoms with E-state index in [4.69, 9.17) is 5.73 Å². The van der Waals surface area contributed by atoms with Crippen LogP contribution in [0.3, 0.4) is 0 Å². The molecule has 26 heavy (non-hydrogen) atoms. The van der Waals surface area contributed by atoms with E-state index in [0.717, 1.165) is 50.8 Å². The molecule has 1 atom stereocenters. The molecule has 0 aliphatic carbocycles. The number of nitrogens with zero attached hydrogens (tertiary/aromatic N) is 1. The number of carbonyl (C=O) groups excluding carboxylic acids is 2. The number of nitrogens with one attached hydrogen (secondary N) is 2. The molecule has 140 valence electrons. The van der Waals surface area contributed by atoms with Crippen LogP contribution in [0, 0.1) is 5.92 Å². The minimum absolute atomic E-state index is 0.0190. The van der Waals surface area contributed by atoms with Gasteiger partial charge in [-0.15, -0.1) is 0 Å². The third-order valence-corrected chi connectivity index (χ3v) is 5.18. The lowest BCUT2D eigenvalue weighted by Crippen LogP contribution is -2.42. The number of rotatable bonds is 8. The second-order valence-electron chi connectivity index (χ2n) is 7.11. The fourth-order valence-corrected chi connectivity index (χ4v) is 3.70. The van der Waals surface area contributed by atoms with Crippen LogP contribution in [0.2, 0.25) is 0 Å². The number of hydrogen-bond acceptors (Lipinski definition) is 3. The number of para-hydroxylation sites is 1. The molecule has 1 fully saturated rings. The summed E-state index contributed by atoms with van der Waals surface area (Å²) in [6.07, 6.45) is 6.03. The van der Waals surface area contributed by atoms with Gasteiger partial charge in [0.2, 0.25) is 11.8 Å². The van der Waals surface area contributed by atoms with Crippen LogP contribution < -0.4 is 11.1 Å². The minimum Gasteiger partial charge on any atom is -0.369 e. The van der Waals surface area contributed by atoms with Crippen LogP contribution in [-0.4, -0.2) is 47.9 Å². The van der Waals surface area contributed by atoms with Crippen molar-refractivity contribution in [2.75, 3.05) is 26.2 Å². The average molecular weight is 356 g/mol. The molecule has 6 heteroatoms. The van der Waals surface area contributed by atoms with Crippen molar-refractivity contribution < 1.29 is 9.59 Å². The van der Waals surface area contributed by atoms with Crippen LogP contribution in [0.5, 0.6) is 0 Å². The van der Waals surface area contributed by atoms with Gasteiger partial charge < -0.3 is 20.9 Å². The number of nitrogens with two attached hydrogens (primary N) is 1. The van der Waals surface area contributed by atoms with E-state index in [1.54, 1.807) is 0 Å². The van der Waals surface area contributed by atoms with E-state index >= 15 is 0 Å². The van der Waals surface area contributed by atoms with E-state index < -0.39 is 0 Å². The molecular formula is C20H28N4O2. The van der Waals surface area contributed by atoms with Gasteiger partial charge in [-0.3, -0.25) is 9.59 Å². The zero-order chi connectivity index (χ0) is 18.4. The zero-order valence-corrected chi connectivity index (χ0v) is 15.2. The van der Waals surface area contributed by atoms with Crippen molar-refractivity contribution >= 4 is 22.7 Å². The third-order valence-electron chi connectivity index (χ3n) is 5.18. The van der Waals surface area contributed by atoms with Gasteiger partial charge in [-0.2, -0.15) is 0 Å². The van der Waals surface area contributed by atoms with Crippen LogP contribution in [-0.2, 0) is 16.0 Å². The van der Waals surface area contributed by atoms with Crippen LogP contribution in [0.4, 0.5) is 0 Å². The lowest BCUT2D eigenvalue weighted by atomic mass is 9.97. The fraction of sp³-hybridized carbons (Fsp3) is 0.500. The molecule has 1 unspecified atom stereocenters. The van der Waals surface area contributed by atoms with Gasteiger partial charge in [-0.05, 0) is 50.4 Å². The SMILES string of the molecule is NC(=O)C1CCCN(CCCNC(=O)CCc2c[nH]c3ccccc23)C1. The highest BCUT2D eigenvalue weighted by atomic mass is 16.2. The maximum Gasteiger partial charge on any atom is 0.221 e. The van der Waals surface area contributed by atoms with Gasteiger partial charge >= 0.3 is 0 Å². The number of aryl methyl sites for hydroxylation is 1. The lowest BCUT2D eigenvalue weighted by molar-refractivity contribution is -0.123. The standard InChI is InChI=1S/C20H28N4O2/c21-20(26)16-5-3-11-24(14-16)12-4-10-22-19(25)9-8-15-13-23-18-7-2-1-6-17(15)18/h1-2,6-7,13,16,23H,3-5,8-12,14H2,(H2,21,26)(H,22,25). The predicted molar refractivity (Wildman–Crippen MR) is 103 cm³/mol. The van der Waals surface area contributed by atoms with Gasteiger partial charge in [0.15, 0.2) is 0 Å². The number of hydrogen-bond donors (Lipinski definition) is 3. The van der Waals surface area contributed by atoms with Crippen LogP contribution in [0.1, 0.15) is 31.2 Å². The maximum absolute atomic E-state index is 12.1. The Kier molecular flexibility index (Phi) is 6.28. The van der Waals surface area contributed by atoms with Crippen molar-refractivity contribution in [3.8, 4) is 0 Å². The van der Waals surface area contributed by atoms with E-state index in [-0.39, 0.29) is 17.7 Å². The Morgan fingerprint density at radius 3 is 3.00 bits per heavy atom. The van der Waals surface area contributed by atoms with Crippen LogP contribution in [0.15, 0.2) is 30.5 Å². The lowest BCUT2D eigenvalue weighted by Gasteiger charge is -2.31. The summed E-state index contributed by atoms with van der Waals surface area (Å²) in [6.45, 7) is 3.33. The van der Waals surface area contributed by atoms with E-state index in [9.17, 15) is 9.59 Å². The number of fused-ring (bicyclic) bond motifs is 1. The summed E-state index contributed by atoms with van der Waals surface area (Å²) in [5.74, 6) is -0.126. The highest BCUT2D eigenvalue weighted by Gasteiger charge is 2.23. The molecule has 0 spiro atoms. The molecule has 3 rings (SSSR count). The summed E-state index contributed by atoms with van der Waals surface area (Å²) in [7, 11) is 0. The minimum atomic E-state index is -0.194. The quantitative estimate of drug-likeness (QED) is 0.630.